The van der Waals surface area contributed by atoms with Crippen molar-refractivity contribution in [2.75, 3.05) is 0 Å². The van der Waals surface area contributed by atoms with Gasteiger partial charge in [0.1, 0.15) is 35.2 Å². The molecule has 15 rings (SSSR count). The van der Waals surface area contributed by atoms with E-state index in [2.05, 4.69) is 0 Å². The van der Waals surface area contributed by atoms with Crippen LogP contribution in [0.1, 0.15) is 218 Å². The van der Waals surface area contributed by atoms with E-state index in [1.807, 2.05) is 172 Å². The summed E-state index contributed by atoms with van der Waals surface area (Å²) < 4.78 is 315. The first kappa shape index (κ1) is 53.9. The molecular formula is C119H138N5+5. The van der Waals surface area contributed by atoms with E-state index < -0.39 is 99.4 Å². The number of aryl methyl sites for hydroxylation is 22. The Morgan fingerprint density at radius 3 is 0.879 bits per heavy atom. The molecule has 10 aromatic carbocycles. The Bertz CT molecular complexity index is 7980. The molecule has 5 heterocycles. The van der Waals surface area contributed by atoms with Crippen LogP contribution in [0.25, 0.3) is 112 Å². The standard InChI is InChI=1S/C26H32N.C25H30N.C24H28N.2C22H24N/c1-18-10-8-9-11-22(18)23-16-24(20(3)14-19(23)2)25-15-21(12-13-27(25)7)17-26(4,5)6;1-17(2)13-21-11-12-26(6)25(15-21)24-16-23(19(4)14-20(24)5)22-10-8-7-9-18(22)3;1-16(2)20-11-12-25(6)24(14-20)23-15-22(18(4)13-19(23)5)21-10-8-7-9-17(21)3;1-15-10-11-22(23(5)14-15)21-13-20(17(3)12-18(21)4)19-9-7-6-8-16(19)2;1-15-10-11-23(5)22(12-15)21-14-20(17(3)13-18(21)4)19-9-7-6-8-16(19)2/h8-16H,17H2,1-7H3;7-12,14-17H,13H2,1-6H3;7-16H,1-6H3;2*6-14H,1-5H3/q5*+1/i1D3,2D3,17D2;3D3,4D3,13D2;3D3,4D3,16D;1D3,2D3,3D3;2D3,3D3. The summed E-state index contributed by atoms with van der Waals surface area (Å²) in [5.41, 5.74) is 18.5. The summed E-state index contributed by atoms with van der Waals surface area (Å²) in [5, 5.41) is 0. The summed E-state index contributed by atoms with van der Waals surface area (Å²) in [4.78, 5) is 0. The van der Waals surface area contributed by atoms with E-state index in [1.165, 1.54) is 42.6 Å². The van der Waals surface area contributed by atoms with Crippen molar-refractivity contribution in [1.29, 1.82) is 0 Å². The number of hydrogen-bond acceptors (Lipinski definition) is 0. The monoisotopic (exact) mass is 1680 g/mol. The average Bonchev–Trinajstić information content (AvgIpc) is 0.760. The molecule has 0 N–H and O–H groups in total. The molecular weight excluding hydrogens is 1500 g/mol. The third kappa shape index (κ3) is 22.5. The molecule has 0 atom stereocenters. The normalized spacial score (nSPS) is 17.1. The van der Waals surface area contributed by atoms with Gasteiger partial charge in [-0.3, -0.25) is 0 Å². The van der Waals surface area contributed by atoms with Crippen LogP contribution in [0.5, 0.6) is 0 Å². The number of benzene rings is 10. The Hall–Kier alpha value is -12.1. The zero-order valence-electron chi connectivity index (χ0n) is 112. The third-order valence-electron chi connectivity index (χ3n) is 21.7. The second kappa shape index (κ2) is 40.5. The molecule has 5 aromatic heterocycles. The van der Waals surface area contributed by atoms with E-state index in [0.717, 1.165) is 44.8 Å². The molecule has 0 spiro atoms. The van der Waals surface area contributed by atoms with Gasteiger partial charge in [0.05, 0.1) is 0 Å². The molecule has 5 nitrogen and oxygen atoms in total. The van der Waals surface area contributed by atoms with Gasteiger partial charge in [-0.25, -0.2) is 22.8 Å². The van der Waals surface area contributed by atoms with Gasteiger partial charge in [-0.2, -0.15) is 0 Å². The van der Waals surface area contributed by atoms with E-state index in [1.54, 1.807) is 207 Å². The Balaban J connectivity index is 0.000000190. The van der Waals surface area contributed by atoms with Crippen LogP contribution in [0, 0.1) is 128 Å². The quantitative estimate of drug-likeness (QED) is 0.0967. The molecule has 0 radical (unpaired) electrons. The van der Waals surface area contributed by atoms with Crippen molar-refractivity contribution in [2.24, 2.45) is 46.6 Å². The van der Waals surface area contributed by atoms with Gasteiger partial charge >= 0.3 is 0 Å². The lowest BCUT2D eigenvalue weighted by molar-refractivity contribution is -0.660. The Morgan fingerprint density at radius 2 is 0.565 bits per heavy atom. The maximum absolute atomic E-state index is 8.71. The molecule has 5 heteroatoms. The number of nitrogens with zero attached hydrogens (tertiary/aromatic N) is 5. The first-order valence-corrected chi connectivity index (χ1v) is 41.2. The van der Waals surface area contributed by atoms with Crippen molar-refractivity contribution in [3.8, 4) is 112 Å². The third-order valence-corrected chi connectivity index (χ3v) is 21.7. The first-order valence-electron chi connectivity index (χ1n) is 60.2. The molecule has 0 saturated heterocycles. The lowest BCUT2D eigenvalue weighted by atomic mass is 9.87. The first-order chi connectivity index (χ1) is 74.0. The van der Waals surface area contributed by atoms with Crippen LogP contribution >= 0.6 is 0 Å². The molecule has 0 fully saturated rings. The Kier molecular flexibility index (Phi) is 17.6. The topological polar surface area (TPSA) is 19.4 Å². The molecule has 0 amide bonds. The van der Waals surface area contributed by atoms with Crippen LogP contribution in [-0.2, 0) is 48.0 Å². The van der Waals surface area contributed by atoms with Gasteiger partial charge in [-0.15, -0.1) is 0 Å². The minimum atomic E-state index is -2.45. The van der Waals surface area contributed by atoms with E-state index >= 15 is 0 Å². The SMILES string of the molecule is [2H]C([2H])([2H])c1ccc(-c2cc(-c3ccccc3C([2H])([2H])[2H])c(C([2H])([2H])[2H])cc2C)[n+](C)c1.[2H]C([2H])([2H])c1ccccc1-c1cc(-c2cc(C([2H])(C)C)cc[n+]2C)c(C)cc1C([2H])([2H])[2H].[2H]C([2H])([2H])c1ccccc1-c1cc(-c2cc(C([2H])([2H])C(C)(C)C)cc[n+]2C)c(C)cc1C([2H])([2H])[2H].[2H]C([2H])([2H])c1ccccc1-c1cc(-c2cc(C([2H])([2H])C(C)C)cc[n+]2C)c(C)cc1C([2H])([2H])[2H].[2H]C([2H])([2H])c1ccccc1-c1cc(-c2cc(C)cc[n+]2C)c(C)cc1C([2H])([2H])[2H]. The van der Waals surface area contributed by atoms with E-state index in [9.17, 15) is 0 Å². The van der Waals surface area contributed by atoms with Crippen LogP contribution in [-0.4, -0.2) is 0 Å². The minimum absolute atomic E-state index is 0.0669. The number of aromatic nitrogens is 5. The van der Waals surface area contributed by atoms with Crippen molar-refractivity contribution in [3.05, 3.63) is 385 Å². The second-order valence-corrected chi connectivity index (χ2v) is 33.3. The molecule has 0 aliphatic rings. The Labute approximate surface area is 799 Å². The summed E-state index contributed by atoms with van der Waals surface area (Å²) in [6, 6.07) is 67.5. The largest absolute Gasteiger partial charge is 0.212 e. The van der Waals surface area contributed by atoms with E-state index in [4.69, 9.17) is 52.1 Å². The lowest BCUT2D eigenvalue weighted by Gasteiger charge is -2.18. The number of rotatable bonds is 14. The van der Waals surface area contributed by atoms with Crippen LogP contribution < -0.4 is 22.8 Å². The second-order valence-electron chi connectivity index (χ2n) is 33.3. The van der Waals surface area contributed by atoms with Crippen molar-refractivity contribution in [1.82, 2.24) is 0 Å². The van der Waals surface area contributed by atoms with Crippen molar-refractivity contribution < 1.29 is 74.9 Å². The number of pyridine rings is 5. The fraction of sp³-hybridized carbons (Fsp3) is 0.286. The summed E-state index contributed by atoms with van der Waals surface area (Å²) in [6.45, 7) is -2.38. The number of hydrogen-bond donors (Lipinski definition) is 0. The minimum Gasteiger partial charge on any atom is -0.201 e. The molecule has 0 aliphatic carbocycles. The summed E-state index contributed by atoms with van der Waals surface area (Å²) in [5.74, 6) is -1.04. The molecule has 0 unspecified atom stereocenters. The molecule has 0 aliphatic heterocycles. The lowest BCUT2D eigenvalue weighted by Crippen LogP contribution is -2.31. The fourth-order valence-corrected chi connectivity index (χ4v) is 15.2. The summed E-state index contributed by atoms with van der Waals surface area (Å²) >= 11 is 0. The summed E-state index contributed by atoms with van der Waals surface area (Å²) in [6.07, 6.45) is 5.78. The highest BCUT2D eigenvalue weighted by molar-refractivity contribution is 5.83. The van der Waals surface area contributed by atoms with Gasteiger partial charge < -0.3 is 0 Å². The van der Waals surface area contributed by atoms with Gasteiger partial charge in [0, 0.05) is 140 Å². The average molecular weight is 1680 g/mol. The van der Waals surface area contributed by atoms with Gasteiger partial charge in [0.15, 0.2) is 31.0 Å². The highest BCUT2D eigenvalue weighted by atomic mass is 14.9. The molecule has 0 bridgehead atoms. The van der Waals surface area contributed by atoms with Gasteiger partial charge in [0.2, 0.25) is 28.5 Å². The highest BCUT2D eigenvalue weighted by Crippen LogP contribution is 2.40. The smallest absolute Gasteiger partial charge is 0.201 e. The van der Waals surface area contributed by atoms with Crippen LogP contribution in [0.3, 0.4) is 0 Å². The zero-order valence-corrected chi connectivity index (χ0v) is 74.3. The van der Waals surface area contributed by atoms with Crippen molar-refractivity contribution in [2.45, 2.75) is 184 Å². The van der Waals surface area contributed by atoms with Crippen LogP contribution in [0.15, 0.2) is 274 Å². The van der Waals surface area contributed by atoms with E-state index in [0.29, 0.717) is 117 Å². The maximum Gasteiger partial charge on any atom is 0.212 e. The van der Waals surface area contributed by atoms with Crippen molar-refractivity contribution >= 4 is 0 Å². The predicted octanol–water partition coefficient (Wildman–Crippen LogP) is 28.4. The Morgan fingerprint density at radius 1 is 0.266 bits per heavy atom. The predicted molar refractivity (Wildman–Crippen MR) is 529 cm³/mol. The van der Waals surface area contributed by atoms with Gasteiger partial charge in [-0.05, 0) is 345 Å². The van der Waals surface area contributed by atoms with Crippen molar-refractivity contribution in [3.63, 3.8) is 0 Å². The molecule has 0 saturated carbocycles. The zero-order chi connectivity index (χ0) is 122. The van der Waals surface area contributed by atoms with Crippen LogP contribution in [0.4, 0.5) is 0 Å². The maximum atomic E-state index is 8.71. The highest BCUT2D eigenvalue weighted by Gasteiger charge is 2.25. The fourth-order valence-electron chi connectivity index (χ4n) is 15.2. The van der Waals surface area contributed by atoms with Crippen LogP contribution in [0.2, 0.25) is 0 Å². The van der Waals surface area contributed by atoms with E-state index in [-0.39, 0.29) is 67.1 Å². The molecule has 124 heavy (non-hydrogen) atoms. The molecule has 15 aromatic rings. The summed E-state index contributed by atoms with van der Waals surface area (Å²) in [7, 11) is 9.24. The van der Waals surface area contributed by atoms with Gasteiger partial charge in [-0.1, -0.05) is 200 Å². The van der Waals surface area contributed by atoms with Gasteiger partial charge in [0.25, 0.3) is 0 Å². The molecule has 634 valence electrons.